The monoisotopic (exact) mass is 245 g/mol. The number of hydrogen-bond acceptors (Lipinski definition) is 2. The van der Waals surface area contributed by atoms with Crippen LogP contribution in [0.2, 0.25) is 10.0 Å². The van der Waals surface area contributed by atoms with E-state index in [2.05, 4.69) is 0 Å². The molecule has 2 unspecified atom stereocenters. The van der Waals surface area contributed by atoms with E-state index in [1.54, 1.807) is 6.07 Å². The maximum atomic E-state index is 6.02. The van der Waals surface area contributed by atoms with Gasteiger partial charge in [-0.05, 0) is 31.4 Å². The van der Waals surface area contributed by atoms with E-state index in [9.17, 15) is 0 Å². The van der Waals surface area contributed by atoms with Crippen molar-refractivity contribution in [3.8, 4) is 5.75 Å². The van der Waals surface area contributed by atoms with Crippen molar-refractivity contribution in [3.05, 3.63) is 28.2 Å². The Hall–Kier alpha value is -0.440. The van der Waals surface area contributed by atoms with Gasteiger partial charge in [0.2, 0.25) is 0 Å². The molecule has 0 heterocycles. The first-order valence-electron chi connectivity index (χ1n) is 5.03. The van der Waals surface area contributed by atoms with Crippen LogP contribution in [0.15, 0.2) is 18.2 Å². The van der Waals surface area contributed by atoms with Gasteiger partial charge in [0.25, 0.3) is 0 Å². The van der Waals surface area contributed by atoms with Crippen molar-refractivity contribution < 1.29 is 4.74 Å². The zero-order chi connectivity index (χ0) is 10.8. The van der Waals surface area contributed by atoms with E-state index < -0.39 is 0 Å². The summed E-state index contributed by atoms with van der Waals surface area (Å²) >= 11 is 11.9. The molecule has 0 saturated heterocycles. The first-order chi connectivity index (χ1) is 7.16. The van der Waals surface area contributed by atoms with Crippen LogP contribution < -0.4 is 10.5 Å². The van der Waals surface area contributed by atoms with Crippen LogP contribution in [0.25, 0.3) is 0 Å². The van der Waals surface area contributed by atoms with E-state index in [-0.39, 0.29) is 12.1 Å². The Bertz CT molecular complexity index is 356. The quantitative estimate of drug-likeness (QED) is 0.869. The zero-order valence-corrected chi connectivity index (χ0v) is 9.76. The minimum absolute atomic E-state index is 0.177. The summed E-state index contributed by atoms with van der Waals surface area (Å²) in [4.78, 5) is 0. The molecule has 1 saturated carbocycles. The molecular weight excluding hydrogens is 233 g/mol. The molecule has 0 spiro atoms. The number of nitrogens with two attached hydrogens (primary N) is 1. The number of rotatable bonds is 2. The molecule has 1 aliphatic carbocycles. The van der Waals surface area contributed by atoms with Gasteiger partial charge in [0.15, 0.2) is 0 Å². The summed E-state index contributed by atoms with van der Waals surface area (Å²) in [5.41, 5.74) is 5.81. The summed E-state index contributed by atoms with van der Waals surface area (Å²) in [6.07, 6.45) is 3.08. The molecule has 2 atom stereocenters. The van der Waals surface area contributed by atoms with Crippen molar-refractivity contribution in [1.29, 1.82) is 0 Å². The third-order valence-electron chi connectivity index (χ3n) is 2.63. The highest BCUT2D eigenvalue weighted by Crippen LogP contribution is 2.34. The van der Waals surface area contributed by atoms with Crippen LogP contribution in [0, 0.1) is 0 Å². The Morgan fingerprint density at radius 2 is 2.07 bits per heavy atom. The second-order valence-electron chi connectivity index (χ2n) is 3.86. The lowest BCUT2D eigenvalue weighted by Crippen LogP contribution is -2.19. The Morgan fingerprint density at radius 1 is 1.27 bits per heavy atom. The van der Waals surface area contributed by atoms with E-state index in [0.29, 0.717) is 15.8 Å². The van der Waals surface area contributed by atoms with Crippen molar-refractivity contribution >= 4 is 23.2 Å². The number of benzene rings is 1. The van der Waals surface area contributed by atoms with Gasteiger partial charge in [-0.1, -0.05) is 29.3 Å². The second kappa shape index (κ2) is 4.60. The van der Waals surface area contributed by atoms with Gasteiger partial charge in [-0.2, -0.15) is 0 Å². The first-order valence-corrected chi connectivity index (χ1v) is 5.78. The molecule has 0 radical (unpaired) electrons. The van der Waals surface area contributed by atoms with Crippen molar-refractivity contribution in [2.45, 2.75) is 31.4 Å². The SMILES string of the molecule is NC1CCC(Oc2cccc(Cl)c2Cl)C1. The van der Waals surface area contributed by atoms with Crippen molar-refractivity contribution in [3.63, 3.8) is 0 Å². The lowest BCUT2D eigenvalue weighted by atomic mass is 10.2. The van der Waals surface area contributed by atoms with Crippen molar-refractivity contribution in [2.24, 2.45) is 5.73 Å². The second-order valence-corrected chi connectivity index (χ2v) is 4.65. The summed E-state index contributed by atoms with van der Waals surface area (Å²) < 4.78 is 5.76. The minimum atomic E-state index is 0.177. The summed E-state index contributed by atoms with van der Waals surface area (Å²) in [7, 11) is 0. The van der Waals surface area contributed by atoms with E-state index in [4.69, 9.17) is 33.7 Å². The number of halogens is 2. The van der Waals surface area contributed by atoms with Gasteiger partial charge in [0.1, 0.15) is 16.9 Å². The van der Waals surface area contributed by atoms with Crippen LogP contribution in [0.3, 0.4) is 0 Å². The number of hydrogen-bond donors (Lipinski definition) is 1. The lowest BCUT2D eigenvalue weighted by molar-refractivity contribution is 0.208. The predicted molar refractivity (Wildman–Crippen MR) is 62.7 cm³/mol. The third-order valence-corrected chi connectivity index (χ3v) is 3.44. The normalized spacial score (nSPS) is 25.5. The summed E-state index contributed by atoms with van der Waals surface area (Å²) in [5.74, 6) is 0.656. The van der Waals surface area contributed by atoms with E-state index in [0.717, 1.165) is 19.3 Å². The molecule has 0 aromatic heterocycles. The largest absolute Gasteiger partial charge is 0.489 e. The Kier molecular flexibility index (Phi) is 3.39. The van der Waals surface area contributed by atoms with Gasteiger partial charge in [-0.15, -0.1) is 0 Å². The molecule has 82 valence electrons. The van der Waals surface area contributed by atoms with E-state index >= 15 is 0 Å². The molecule has 1 aliphatic rings. The number of ether oxygens (including phenoxy) is 1. The molecule has 2 nitrogen and oxygen atoms in total. The van der Waals surface area contributed by atoms with Crippen LogP contribution in [-0.2, 0) is 0 Å². The van der Waals surface area contributed by atoms with E-state index in [1.165, 1.54) is 0 Å². The highest BCUT2D eigenvalue weighted by molar-refractivity contribution is 6.42. The maximum Gasteiger partial charge on any atom is 0.139 e. The van der Waals surface area contributed by atoms with E-state index in [1.807, 2.05) is 12.1 Å². The zero-order valence-electron chi connectivity index (χ0n) is 8.25. The minimum Gasteiger partial charge on any atom is -0.489 e. The Labute approximate surface area is 99.3 Å². The van der Waals surface area contributed by atoms with Crippen LogP contribution in [-0.4, -0.2) is 12.1 Å². The van der Waals surface area contributed by atoms with Crippen LogP contribution >= 0.6 is 23.2 Å². The van der Waals surface area contributed by atoms with Gasteiger partial charge in [0, 0.05) is 6.04 Å². The van der Waals surface area contributed by atoms with Gasteiger partial charge < -0.3 is 10.5 Å². The molecule has 2 N–H and O–H groups in total. The molecule has 0 aliphatic heterocycles. The first kappa shape index (κ1) is 11.1. The summed E-state index contributed by atoms with van der Waals surface area (Å²) in [5, 5.41) is 1.01. The molecule has 0 amide bonds. The molecule has 4 heteroatoms. The van der Waals surface area contributed by atoms with Crippen LogP contribution in [0.1, 0.15) is 19.3 Å². The molecule has 2 rings (SSSR count). The highest BCUT2D eigenvalue weighted by atomic mass is 35.5. The maximum absolute atomic E-state index is 6.02. The molecule has 1 aromatic rings. The molecule has 15 heavy (non-hydrogen) atoms. The van der Waals surface area contributed by atoms with Gasteiger partial charge in [0.05, 0.1) is 5.02 Å². The fourth-order valence-electron chi connectivity index (χ4n) is 1.83. The Morgan fingerprint density at radius 3 is 2.73 bits per heavy atom. The predicted octanol–water partition coefficient (Wildman–Crippen LogP) is 3.25. The average Bonchev–Trinajstić information content (AvgIpc) is 2.59. The van der Waals surface area contributed by atoms with Crippen LogP contribution in [0.5, 0.6) is 5.75 Å². The van der Waals surface area contributed by atoms with Crippen molar-refractivity contribution in [1.82, 2.24) is 0 Å². The molecule has 0 bridgehead atoms. The molecule has 1 fully saturated rings. The van der Waals surface area contributed by atoms with Crippen molar-refractivity contribution in [2.75, 3.05) is 0 Å². The highest BCUT2D eigenvalue weighted by Gasteiger charge is 2.24. The molecule has 1 aromatic carbocycles. The smallest absolute Gasteiger partial charge is 0.139 e. The standard InChI is InChI=1S/C11H13Cl2NO/c12-9-2-1-3-10(11(9)13)15-8-5-4-7(14)6-8/h1-3,7-8H,4-6,14H2. The Balaban J connectivity index is 2.07. The summed E-state index contributed by atoms with van der Waals surface area (Å²) in [6.45, 7) is 0. The molecular formula is C11H13Cl2NO. The third kappa shape index (κ3) is 2.57. The fraction of sp³-hybridized carbons (Fsp3) is 0.455. The fourth-order valence-corrected chi connectivity index (χ4v) is 2.17. The summed E-state index contributed by atoms with van der Waals surface area (Å²) in [6, 6.07) is 5.67. The average molecular weight is 246 g/mol. The van der Waals surface area contributed by atoms with Gasteiger partial charge in [-0.25, -0.2) is 0 Å². The van der Waals surface area contributed by atoms with Gasteiger partial charge in [-0.3, -0.25) is 0 Å². The van der Waals surface area contributed by atoms with Gasteiger partial charge >= 0.3 is 0 Å². The lowest BCUT2D eigenvalue weighted by Gasteiger charge is -2.14. The van der Waals surface area contributed by atoms with Crippen LogP contribution in [0.4, 0.5) is 0 Å². The topological polar surface area (TPSA) is 35.2 Å².